The standard InChI is InChI=1S/C13H24N2O3/c1-2-12(17)15-9-10-3-5-11(6-4-10)13(18)14-7-8-16/h10-11,16H,2-9H2,1H3,(H,14,18)(H,15,17). The molecule has 1 saturated carbocycles. The van der Waals surface area contributed by atoms with Crippen molar-refractivity contribution >= 4 is 11.8 Å². The molecule has 0 unspecified atom stereocenters. The fraction of sp³-hybridized carbons (Fsp3) is 0.846. The van der Waals surface area contributed by atoms with E-state index in [0.29, 0.717) is 18.9 Å². The van der Waals surface area contributed by atoms with Crippen molar-refractivity contribution in [2.45, 2.75) is 39.0 Å². The highest BCUT2D eigenvalue weighted by Crippen LogP contribution is 2.28. The molecule has 0 aromatic rings. The topological polar surface area (TPSA) is 78.4 Å². The lowest BCUT2D eigenvalue weighted by atomic mass is 9.81. The van der Waals surface area contributed by atoms with Gasteiger partial charge in [-0.15, -0.1) is 0 Å². The van der Waals surface area contributed by atoms with E-state index < -0.39 is 0 Å². The van der Waals surface area contributed by atoms with E-state index in [-0.39, 0.29) is 24.3 Å². The summed E-state index contributed by atoms with van der Waals surface area (Å²) >= 11 is 0. The lowest BCUT2D eigenvalue weighted by Crippen LogP contribution is -2.36. The van der Waals surface area contributed by atoms with Crippen molar-refractivity contribution in [1.29, 1.82) is 0 Å². The quantitative estimate of drug-likeness (QED) is 0.645. The number of aliphatic hydroxyl groups is 1. The normalized spacial score (nSPS) is 23.4. The molecule has 0 saturated heterocycles. The van der Waals surface area contributed by atoms with Gasteiger partial charge in [0, 0.05) is 25.4 Å². The summed E-state index contributed by atoms with van der Waals surface area (Å²) in [6, 6.07) is 0. The SMILES string of the molecule is CCC(=O)NCC1CCC(C(=O)NCCO)CC1. The van der Waals surface area contributed by atoms with Gasteiger partial charge in [-0.1, -0.05) is 6.92 Å². The van der Waals surface area contributed by atoms with Crippen LogP contribution >= 0.6 is 0 Å². The summed E-state index contributed by atoms with van der Waals surface area (Å²) in [6.45, 7) is 2.91. The van der Waals surface area contributed by atoms with Crippen molar-refractivity contribution in [2.24, 2.45) is 11.8 Å². The maximum Gasteiger partial charge on any atom is 0.223 e. The van der Waals surface area contributed by atoms with Crippen LogP contribution in [0, 0.1) is 11.8 Å². The molecule has 0 spiro atoms. The average molecular weight is 256 g/mol. The van der Waals surface area contributed by atoms with Crippen LogP contribution in [-0.2, 0) is 9.59 Å². The minimum Gasteiger partial charge on any atom is -0.395 e. The van der Waals surface area contributed by atoms with Gasteiger partial charge in [-0.3, -0.25) is 9.59 Å². The first-order chi connectivity index (χ1) is 8.67. The van der Waals surface area contributed by atoms with Crippen LogP contribution in [0.4, 0.5) is 0 Å². The Labute approximate surface area is 108 Å². The number of amides is 2. The number of hydrogen-bond acceptors (Lipinski definition) is 3. The van der Waals surface area contributed by atoms with Gasteiger partial charge in [-0.2, -0.15) is 0 Å². The summed E-state index contributed by atoms with van der Waals surface area (Å²) in [5, 5.41) is 14.3. The molecule has 0 aromatic heterocycles. The van der Waals surface area contributed by atoms with Crippen LogP contribution in [0.2, 0.25) is 0 Å². The fourth-order valence-electron chi connectivity index (χ4n) is 2.34. The largest absolute Gasteiger partial charge is 0.395 e. The van der Waals surface area contributed by atoms with Crippen LogP contribution in [0.25, 0.3) is 0 Å². The van der Waals surface area contributed by atoms with Gasteiger partial charge in [0.25, 0.3) is 0 Å². The first kappa shape index (κ1) is 15.0. The van der Waals surface area contributed by atoms with Crippen molar-refractivity contribution in [3.63, 3.8) is 0 Å². The van der Waals surface area contributed by atoms with Gasteiger partial charge in [0.15, 0.2) is 0 Å². The summed E-state index contributed by atoms with van der Waals surface area (Å²) in [5.74, 6) is 0.731. The Hall–Kier alpha value is -1.10. The van der Waals surface area contributed by atoms with E-state index in [2.05, 4.69) is 10.6 Å². The monoisotopic (exact) mass is 256 g/mol. The Bertz CT molecular complexity index is 273. The molecule has 5 nitrogen and oxygen atoms in total. The van der Waals surface area contributed by atoms with Crippen molar-refractivity contribution < 1.29 is 14.7 Å². The first-order valence-corrected chi connectivity index (χ1v) is 6.82. The zero-order valence-corrected chi connectivity index (χ0v) is 11.1. The van der Waals surface area contributed by atoms with Gasteiger partial charge >= 0.3 is 0 Å². The highest BCUT2D eigenvalue weighted by molar-refractivity contribution is 5.78. The van der Waals surface area contributed by atoms with Crippen LogP contribution in [0.15, 0.2) is 0 Å². The number of rotatable bonds is 6. The molecule has 0 heterocycles. The maximum absolute atomic E-state index is 11.7. The molecule has 1 aliphatic rings. The molecule has 0 bridgehead atoms. The number of carbonyl (C=O) groups excluding carboxylic acids is 2. The van der Waals surface area contributed by atoms with Gasteiger partial charge in [0.1, 0.15) is 0 Å². The number of nitrogens with one attached hydrogen (secondary N) is 2. The first-order valence-electron chi connectivity index (χ1n) is 6.82. The summed E-state index contributed by atoms with van der Waals surface area (Å²) in [5.41, 5.74) is 0. The molecule has 0 radical (unpaired) electrons. The predicted octanol–water partition coefficient (Wildman–Crippen LogP) is 0.428. The van der Waals surface area contributed by atoms with Crippen LogP contribution in [0.5, 0.6) is 0 Å². The van der Waals surface area contributed by atoms with E-state index in [0.717, 1.165) is 32.2 Å². The molecule has 1 rings (SSSR count). The second-order valence-corrected chi connectivity index (χ2v) is 4.89. The molecular formula is C13H24N2O3. The number of aliphatic hydroxyl groups excluding tert-OH is 1. The second kappa shape index (κ2) is 8.08. The molecule has 0 aromatic carbocycles. The predicted molar refractivity (Wildman–Crippen MR) is 68.8 cm³/mol. The Morgan fingerprint density at radius 3 is 2.39 bits per heavy atom. The Balaban J connectivity index is 2.20. The fourth-order valence-corrected chi connectivity index (χ4v) is 2.34. The zero-order chi connectivity index (χ0) is 13.4. The van der Waals surface area contributed by atoms with Gasteiger partial charge < -0.3 is 15.7 Å². The van der Waals surface area contributed by atoms with Gasteiger partial charge in [0.05, 0.1) is 6.61 Å². The second-order valence-electron chi connectivity index (χ2n) is 4.89. The van der Waals surface area contributed by atoms with Crippen LogP contribution in [0.3, 0.4) is 0 Å². The third kappa shape index (κ3) is 5.04. The lowest BCUT2D eigenvalue weighted by molar-refractivity contribution is -0.126. The molecule has 3 N–H and O–H groups in total. The van der Waals surface area contributed by atoms with Crippen molar-refractivity contribution in [1.82, 2.24) is 10.6 Å². The Morgan fingerprint density at radius 1 is 1.17 bits per heavy atom. The smallest absolute Gasteiger partial charge is 0.223 e. The van der Waals surface area contributed by atoms with E-state index >= 15 is 0 Å². The summed E-state index contributed by atoms with van der Waals surface area (Å²) < 4.78 is 0. The highest BCUT2D eigenvalue weighted by Gasteiger charge is 2.25. The molecule has 1 fully saturated rings. The molecule has 0 atom stereocenters. The van der Waals surface area contributed by atoms with Crippen molar-refractivity contribution in [3.8, 4) is 0 Å². The average Bonchev–Trinajstić information content (AvgIpc) is 2.42. The maximum atomic E-state index is 11.7. The minimum atomic E-state index is -0.00979. The van der Waals surface area contributed by atoms with Gasteiger partial charge in [-0.25, -0.2) is 0 Å². The summed E-state index contributed by atoms with van der Waals surface area (Å²) in [4.78, 5) is 22.8. The molecule has 1 aliphatic carbocycles. The molecule has 104 valence electrons. The van der Waals surface area contributed by atoms with Crippen LogP contribution in [-0.4, -0.2) is 36.6 Å². The summed E-state index contributed by atoms with van der Waals surface area (Å²) in [7, 11) is 0. The zero-order valence-electron chi connectivity index (χ0n) is 11.1. The number of hydrogen-bond donors (Lipinski definition) is 3. The molecule has 2 amide bonds. The van der Waals surface area contributed by atoms with Crippen molar-refractivity contribution in [3.05, 3.63) is 0 Å². The Kier molecular flexibility index (Phi) is 6.72. The van der Waals surface area contributed by atoms with E-state index in [1.165, 1.54) is 0 Å². The third-order valence-corrected chi connectivity index (χ3v) is 3.54. The van der Waals surface area contributed by atoms with E-state index in [9.17, 15) is 9.59 Å². The Morgan fingerprint density at radius 2 is 1.83 bits per heavy atom. The lowest BCUT2D eigenvalue weighted by Gasteiger charge is -2.27. The molecule has 0 aliphatic heterocycles. The van der Waals surface area contributed by atoms with E-state index in [1.807, 2.05) is 6.92 Å². The van der Waals surface area contributed by atoms with Crippen molar-refractivity contribution in [2.75, 3.05) is 19.7 Å². The molecule has 5 heteroatoms. The number of carbonyl (C=O) groups is 2. The van der Waals surface area contributed by atoms with Crippen LogP contribution < -0.4 is 10.6 Å². The minimum absolute atomic E-state index is 0.00979. The third-order valence-electron chi connectivity index (χ3n) is 3.54. The molecule has 18 heavy (non-hydrogen) atoms. The van der Waals surface area contributed by atoms with Gasteiger partial charge in [0.2, 0.25) is 11.8 Å². The van der Waals surface area contributed by atoms with E-state index in [1.54, 1.807) is 0 Å². The van der Waals surface area contributed by atoms with Gasteiger partial charge in [-0.05, 0) is 31.6 Å². The van der Waals surface area contributed by atoms with E-state index in [4.69, 9.17) is 5.11 Å². The summed E-state index contributed by atoms with van der Waals surface area (Å²) in [6.07, 6.45) is 4.26. The highest BCUT2D eigenvalue weighted by atomic mass is 16.3. The molecular weight excluding hydrogens is 232 g/mol. The van der Waals surface area contributed by atoms with Crippen LogP contribution in [0.1, 0.15) is 39.0 Å².